The molecule has 2 aromatic heterocycles. The van der Waals surface area contributed by atoms with Crippen LogP contribution < -0.4 is 5.32 Å². The first-order chi connectivity index (χ1) is 16.3. The van der Waals surface area contributed by atoms with E-state index in [0.717, 1.165) is 37.1 Å². The number of hydrogen-bond acceptors (Lipinski definition) is 3. The Kier molecular flexibility index (Phi) is 5.72. The molecule has 0 fully saturated rings. The second kappa shape index (κ2) is 8.71. The van der Waals surface area contributed by atoms with Crippen LogP contribution in [-0.2, 0) is 12.8 Å². The Morgan fingerprint density at radius 3 is 2.56 bits per heavy atom. The molecule has 5 heteroatoms. The molecule has 0 bridgehead atoms. The van der Waals surface area contributed by atoms with Gasteiger partial charge in [0.2, 0.25) is 0 Å². The van der Waals surface area contributed by atoms with E-state index in [1.165, 1.54) is 38.9 Å². The number of rotatable bonds is 4. The molecule has 0 saturated heterocycles. The summed E-state index contributed by atoms with van der Waals surface area (Å²) in [6.07, 6.45) is 5.56. The van der Waals surface area contributed by atoms with Crippen LogP contribution in [0, 0.1) is 34.6 Å². The summed E-state index contributed by atoms with van der Waals surface area (Å²) in [5.41, 5.74) is 12.1. The Morgan fingerprint density at radius 2 is 1.79 bits per heavy atom. The molecule has 1 atom stereocenters. The highest BCUT2D eigenvalue weighted by Crippen LogP contribution is 2.30. The van der Waals surface area contributed by atoms with Crippen LogP contribution >= 0.6 is 0 Å². The average Bonchev–Trinajstić information content (AvgIpc) is 3.22. The van der Waals surface area contributed by atoms with Crippen molar-refractivity contribution in [2.75, 3.05) is 0 Å². The number of fused-ring (bicyclic) bond motifs is 2. The van der Waals surface area contributed by atoms with Crippen molar-refractivity contribution < 1.29 is 4.79 Å². The average molecular weight is 453 g/mol. The van der Waals surface area contributed by atoms with E-state index in [0.29, 0.717) is 11.2 Å². The van der Waals surface area contributed by atoms with Gasteiger partial charge in [0.1, 0.15) is 5.56 Å². The van der Waals surface area contributed by atoms with Crippen LogP contribution in [0.3, 0.4) is 0 Å². The third kappa shape index (κ3) is 3.89. The molecular formula is C29H32N4O. The minimum absolute atomic E-state index is 0.0290. The SMILES string of the molecule is Cc1cc(C)c(Cc2c(C)nc3c(C(=O)N[C@H]4CCCc5ccccc54)cnn3c2C)c(C)c1. The topological polar surface area (TPSA) is 59.3 Å². The number of carbonyl (C=O) groups excluding carboxylic acids is 1. The normalized spacial score (nSPS) is 15.4. The maximum atomic E-state index is 13.3. The minimum Gasteiger partial charge on any atom is -0.345 e. The van der Waals surface area contributed by atoms with Crippen molar-refractivity contribution >= 4 is 11.6 Å². The number of amides is 1. The van der Waals surface area contributed by atoms with Crippen LogP contribution in [0.4, 0.5) is 0 Å². The molecule has 1 amide bonds. The van der Waals surface area contributed by atoms with Crippen molar-refractivity contribution in [3.63, 3.8) is 0 Å². The first-order valence-electron chi connectivity index (χ1n) is 12.1. The molecular weight excluding hydrogens is 420 g/mol. The van der Waals surface area contributed by atoms with Crippen LogP contribution in [0.15, 0.2) is 42.6 Å². The highest BCUT2D eigenvalue weighted by atomic mass is 16.1. The summed E-state index contributed by atoms with van der Waals surface area (Å²) in [4.78, 5) is 18.2. The molecule has 0 unspecified atom stereocenters. The van der Waals surface area contributed by atoms with Crippen LogP contribution in [-0.4, -0.2) is 20.5 Å². The first kappa shape index (κ1) is 22.3. The summed E-state index contributed by atoms with van der Waals surface area (Å²) in [5.74, 6) is -0.110. The van der Waals surface area contributed by atoms with Gasteiger partial charge in [-0.2, -0.15) is 5.10 Å². The van der Waals surface area contributed by atoms with Crippen molar-refractivity contribution in [3.8, 4) is 0 Å². The van der Waals surface area contributed by atoms with Gasteiger partial charge in [-0.3, -0.25) is 4.79 Å². The van der Waals surface area contributed by atoms with E-state index in [1.807, 2.05) is 17.5 Å². The van der Waals surface area contributed by atoms with Crippen molar-refractivity contribution in [2.45, 2.75) is 66.3 Å². The van der Waals surface area contributed by atoms with Gasteiger partial charge in [0.15, 0.2) is 5.65 Å². The molecule has 1 N–H and O–H groups in total. The molecule has 5 nitrogen and oxygen atoms in total. The first-order valence-corrected chi connectivity index (χ1v) is 12.1. The highest BCUT2D eigenvalue weighted by molar-refractivity contribution is 6.00. The van der Waals surface area contributed by atoms with Gasteiger partial charge in [-0.05, 0) is 87.3 Å². The van der Waals surface area contributed by atoms with Crippen LogP contribution in [0.2, 0.25) is 0 Å². The number of hydrogen-bond donors (Lipinski definition) is 1. The molecule has 0 spiro atoms. The number of aromatic nitrogens is 3. The van der Waals surface area contributed by atoms with Crippen molar-refractivity contribution in [1.29, 1.82) is 0 Å². The van der Waals surface area contributed by atoms with Gasteiger partial charge in [-0.25, -0.2) is 9.50 Å². The lowest BCUT2D eigenvalue weighted by Crippen LogP contribution is -2.31. The molecule has 1 aliphatic rings. The quantitative estimate of drug-likeness (QED) is 0.434. The predicted molar refractivity (Wildman–Crippen MR) is 136 cm³/mol. The Morgan fingerprint density at radius 1 is 1.06 bits per heavy atom. The van der Waals surface area contributed by atoms with Gasteiger partial charge < -0.3 is 5.32 Å². The zero-order chi connectivity index (χ0) is 24.0. The van der Waals surface area contributed by atoms with Crippen molar-refractivity contribution in [2.24, 2.45) is 0 Å². The van der Waals surface area contributed by atoms with Crippen molar-refractivity contribution in [3.05, 3.63) is 98.5 Å². The molecule has 2 heterocycles. The summed E-state index contributed by atoms with van der Waals surface area (Å²) < 4.78 is 1.82. The standard InChI is InChI=1S/C29H32N4O/c1-17-13-18(2)24(19(3)14-17)15-25-20(4)31-28-26(16-30-33(28)21(25)5)29(34)32-27-12-8-10-22-9-6-7-11-23(22)27/h6-7,9,11,13-14,16,27H,8,10,12,15H2,1-5H3,(H,32,34)/t27-/m0/s1. The Hall–Kier alpha value is -3.47. The number of nitrogens with one attached hydrogen (secondary N) is 1. The predicted octanol–water partition coefficient (Wildman–Crippen LogP) is 5.67. The molecule has 34 heavy (non-hydrogen) atoms. The maximum Gasteiger partial charge on any atom is 0.257 e. The number of benzene rings is 2. The lowest BCUT2D eigenvalue weighted by Gasteiger charge is -2.26. The molecule has 5 rings (SSSR count). The van der Waals surface area contributed by atoms with E-state index in [4.69, 9.17) is 4.98 Å². The van der Waals surface area contributed by atoms with Gasteiger partial charge in [0, 0.05) is 17.8 Å². The molecule has 0 aliphatic heterocycles. The fraction of sp³-hybridized carbons (Fsp3) is 0.345. The molecule has 1 aliphatic carbocycles. The smallest absolute Gasteiger partial charge is 0.257 e. The maximum absolute atomic E-state index is 13.3. The van der Waals surface area contributed by atoms with Crippen molar-refractivity contribution in [1.82, 2.24) is 19.9 Å². The number of nitrogens with zero attached hydrogens (tertiary/aromatic N) is 3. The summed E-state index contributed by atoms with van der Waals surface area (Å²) in [5, 5.41) is 7.82. The third-order valence-electron chi connectivity index (χ3n) is 7.32. The van der Waals surface area contributed by atoms with Crippen LogP contribution in [0.25, 0.3) is 5.65 Å². The molecule has 4 aromatic rings. The third-order valence-corrected chi connectivity index (χ3v) is 7.32. The summed E-state index contributed by atoms with van der Waals surface area (Å²) in [7, 11) is 0. The second-order valence-electron chi connectivity index (χ2n) is 9.73. The Labute approximate surface area is 201 Å². The monoisotopic (exact) mass is 452 g/mol. The van der Waals surface area contributed by atoms with E-state index >= 15 is 0 Å². The van der Waals surface area contributed by atoms with Crippen LogP contribution in [0.5, 0.6) is 0 Å². The van der Waals surface area contributed by atoms with Gasteiger partial charge in [0.25, 0.3) is 5.91 Å². The number of carbonyl (C=O) groups is 1. The highest BCUT2D eigenvalue weighted by Gasteiger charge is 2.25. The Balaban J connectivity index is 1.47. The lowest BCUT2D eigenvalue weighted by atomic mass is 9.87. The van der Waals surface area contributed by atoms with Gasteiger partial charge in [0.05, 0.1) is 12.2 Å². The second-order valence-corrected chi connectivity index (χ2v) is 9.73. The fourth-order valence-electron chi connectivity index (χ4n) is 5.53. The summed E-state index contributed by atoms with van der Waals surface area (Å²) in [6, 6.07) is 12.9. The zero-order valence-corrected chi connectivity index (χ0v) is 20.7. The molecule has 0 radical (unpaired) electrons. The molecule has 174 valence electrons. The fourth-order valence-corrected chi connectivity index (χ4v) is 5.53. The minimum atomic E-state index is -0.110. The number of aryl methyl sites for hydroxylation is 6. The Bertz CT molecular complexity index is 1390. The van der Waals surface area contributed by atoms with E-state index in [1.54, 1.807) is 6.20 Å². The van der Waals surface area contributed by atoms with E-state index in [9.17, 15) is 4.79 Å². The summed E-state index contributed by atoms with van der Waals surface area (Å²) in [6.45, 7) is 10.6. The van der Waals surface area contributed by atoms with E-state index in [-0.39, 0.29) is 11.9 Å². The van der Waals surface area contributed by atoms with Gasteiger partial charge in [-0.15, -0.1) is 0 Å². The van der Waals surface area contributed by atoms with E-state index in [2.05, 4.69) is 68.4 Å². The largest absolute Gasteiger partial charge is 0.345 e. The molecule has 2 aromatic carbocycles. The molecule has 0 saturated carbocycles. The summed E-state index contributed by atoms with van der Waals surface area (Å²) >= 11 is 0. The zero-order valence-electron chi connectivity index (χ0n) is 20.7. The van der Waals surface area contributed by atoms with Gasteiger partial charge >= 0.3 is 0 Å². The van der Waals surface area contributed by atoms with E-state index < -0.39 is 0 Å². The lowest BCUT2D eigenvalue weighted by molar-refractivity contribution is 0.0934. The van der Waals surface area contributed by atoms with Crippen LogP contribution in [0.1, 0.15) is 79.6 Å². The van der Waals surface area contributed by atoms with Gasteiger partial charge in [-0.1, -0.05) is 42.0 Å².